The van der Waals surface area contributed by atoms with Crippen LogP contribution in [0.1, 0.15) is 5.76 Å². The van der Waals surface area contributed by atoms with E-state index in [-0.39, 0.29) is 11.2 Å². The minimum Gasteiger partial charge on any atom is -0.460 e. The summed E-state index contributed by atoms with van der Waals surface area (Å²) in [4.78, 5) is 22.5. The number of pyridine rings is 1. The van der Waals surface area contributed by atoms with Gasteiger partial charge in [0.2, 0.25) is 0 Å². The standard InChI is InChI=1S/C13H10N2O4/c1-7-5-10-12(19-7)9-4-3-8(15(17)18)6-11(9)14(2)13(10)16/h3-6H,1-2H3. The topological polar surface area (TPSA) is 78.3 Å². The summed E-state index contributed by atoms with van der Waals surface area (Å²) in [5.41, 5.74) is 0.691. The predicted molar refractivity (Wildman–Crippen MR) is 70.4 cm³/mol. The van der Waals surface area contributed by atoms with Crippen LogP contribution in [0.25, 0.3) is 21.9 Å². The molecular weight excluding hydrogens is 248 g/mol. The van der Waals surface area contributed by atoms with E-state index in [1.165, 1.54) is 16.7 Å². The fraction of sp³-hybridized carbons (Fsp3) is 0.154. The molecule has 0 amide bonds. The third-order valence-corrected chi connectivity index (χ3v) is 3.19. The van der Waals surface area contributed by atoms with Gasteiger partial charge in [-0.25, -0.2) is 0 Å². The lowest BCUT2D eigenvalue weighted by Gasteiger charge is -2.05. The molecule has 0 saturated carbocycles. The molecule has 0 unspecified atom stereocenters. The number of benzene rings is 1. The number of nitro benzene ring substituents is 1. The van der Waals surface area contributed by atoms with Gasteiger partial charge in [0.25, 0.3) is 11.2 Å². The van der Waals surface area contributed by atoms with Crippen molar-refractivity contribution in [3.8, 4) is 0 Å². The minimum absolute atomic E-state index is 0.0508. The highest BCUT2D eigenvalue weighted by Gasteiger charge is 2.15. The summed E-state index contributed by atoms with van der Waals surface area (Å²) < 4.78 is 6.94. The molecule has 2 heterocycles. The van der Waals surface area contributed by atoms with Crippen molar-refractivity contribution in [3.63, 3.8) is 0 Å². The van der Waals surface area contributed by atoms with Gasteiger partial charge >= 0.3 is 0 Å². The third-order valence-electron chi connectivity index (χ3n) is 3.19. The summed E-state index contributed by atoms with van der Waals surface area (Å²) in [5.74, 6) is 0.637. The van der Waals surface area contributed by atoms with Crippen molar-refractivity contribution in [1.82, 2.24) is 4.57 Å². The number of hydrogen-bond acceptors (Lipinski definition) is 4. The van der Waals surface area contributed by atoms with Crippen LogP contribution in [0.4, 0.5) is 5.69 Å². The first-order valence-electron chi connectivity index (χ1n) is 5.66. The zero-order valence-corrected chi connectivity index (χ0v) is 10.3. The molecule has 0 saturated heterocycles. The number of non-ortho nitro benzene ring substituents is 1. The smallest absolute Gasteiger partial charge is 0.271 e. The van der Waals surface area contributed by atoms with Gasteiger partial charge in [0.1, 0.15) is 11.3 Å². The van der Waals surface area contributed by atoms with Crippen LogP contribution < -0.4 is 5.56 Å². The number of aryl methyl sites for hydroxylation is 2. The van der Waals surface area contributed by atoms with Gasteiger partial charge in [0.15, 0.2) is 0 Å². The molecule has 0 bridgehead atoms. The molecule has 19 heavy (non-hydrogen) atoms. The second kappa shape index (κ2) is 3.68. The van der Waals surface area contributed by atoms with Crippen molar-refractivity contribution >= 4 is 27.6 Å². The lowest BCUT2D eigenvalue weighted by molar-refractivity contribution is -0.384. The second-order valence-electron chi connectivity index (χ2n) is 4.42. The third kappa shape index (κ3) is 1.53. The SMILES string of the molecule is Cc1cc2c(=O)n(C)c3cc([N+](=O)[O-])ccc3c2o1. The van der Waals surface area contributed by atoms with E-state index in [0.717, 1.165) is 0 Å². The van der Waals surface area contributed by atoms with E-state index < -0.39 is 4.92 Å². The van der Waals surface area contributed by atoms with E-state index in [0.29, 0.717) is 27.6 Å². The van der Waals surface area contributed by atoms with Crippen molar-refractivity contribution < 1.29 is 9.34 Å². The Labute approximate surface area is 107 Å². The maximum Gasteiger partial charge on any atom is 0.271 e. The van der Waals surface area contributed by atoms with E-state index in [1.807, 2.05) is 0 Å². The Kier molecular flexibility index (Phi) is 2.22. The van der Waals surface area contributed by atoms with Crippen LogP contribution in [0.15, 0.2) is 33.5 Å². The molecule has 96 valence electrons. The lowest BCUT2D eigenvalue weighted by atomic mass is 10.1. The van der Waals surface area contributed by atoms with Crippen LogP contribution in [0.5, 0.6) is 0 Å². The maximum atomic E-state index is 12.2. The number of aromatic nitrogens is 1. The van der Waals surface area contributed by atoms with Gasteiger partial charge in [0.05, 0.1) is 15.8 Å². The molecule has 2 aromatic heterocycles. The van der Waals surface area contributed by atoms with Crippen molar-refractivity contribution in [2.24, 2.45) is 7.05 Å². The Morgan fingerprint density at radius 2 is 2.00 bits per heavy atom. The summed E-state index contributed by atoms with van der Waals surface area (Å²) in [6.07, 6.45) is 0. The number of nitrogens with zero attached hydrogens (tertiary/aromatic N) is 2. The van der Waals surface area contributed by atoms with Gasteiger partial charge in [-0.1, -0.05) is 0 Å². The van der Waals surface area contributed by atoms with Crippen molar-refractivity contribution in [2.45, 2.75) is 6.92 Å². The van der Waals surface area contributed by atoms with Crippen LogP contribution in [0, 0.1) is 17.0 Å². The Morgan fingerprint density at radius 1 is 1.26 bits per heavy atom. The van der Waals surface area contributed by atoms with Gasteiger partial charge in [-0.15, -0.1) is 0 Å². The van der Waals surface area contributed by atoms with Gasteiger partial charge in [-0.3, -0.25) is 14.9 Å². The average Bonchev–Trinajstić information content (AvgIpc) is 2.77. The Bertz CT molecular complexity index is 889. The molecule has 1 aromatic carbocycles. The molecule has 0 aliphatic heterocycles. The molecule has 0 atom stereocenters. The number of nitro groups is 1. The molecule has 0 spiro atoms. The zero-order chi connectivity index (χ0) is 13.7. The monoisotopic (exact) mass is 258 g/mol. The summed E-state index contributed by atoms with van der Waals surface area (Å²) in [5, 5.41) is 12.0. The quantitative estimate of drug-likeness (QED) is 0.496. The molecule has 0 radical (unpaired) electrons. The average molecular weight is 258 g/mol. The first-order valence-corrected chi connectivity index (χ1v) is 5.66. The van der Waals surface area contributed by atoms with Crippen molar-refractivity contribution in [1.29, 1.82) is 0 Å². The number of hydrogen-bond donors (Lipinski definition) is 0. The highest BCUT2D eigenvalue weighted by molar-refractivity contribution is 6.02. The molecule has 0 aliphatic rings. The number of furan rings is 1. The zero-order valence-electron chi connectivity index (χ0n) is 10.3. The molecule has 6 nitrogen and oxygen atoms in total. The minimum atomic E-state index is -0.485. The molecule has 3 aromatic rings. The van der Waals surface area contributed by atoms with Crippen LogP contribution in [-0.2, 0) is 7.05 Å². The van der Waals surface area contributed by atoms with Crippen molar-refractivity contribution in [2.75, 3.05) is 0 Å². The summed E-state index contributed by atoms with van der Waals surface area (Å²) >= 11 is 0. The summed E-state index contributed by atoms with van der Waals surface area (Å²) in [6, 6.07) is 6.08. The van der Waals surface area contributed by atoms with Gasteiger partial charge < -0.3 is 8.98 Å². The summed E-state index contributed by atoms with van der Waals surface area (Å²) in [6.45, 7) is 1.76. The van der Waals surface area contributed by atoms with Gasteiger partial charge in [-0.2, -0.15) is 0 Å². The summed E-state index contributed by atoms with van der Waals surface area (Å²) in [7, 11) is 1.59. The van der Waals surface area contributed by atoms with E-state index >= 15 is 0 Å². The highest BCUT2D eigenvalue weighted by atomic mass is 16.6. The maximum absolute atomic E-state index is 12.2. The predicted octanol–water partition coefficient (Wildman–Crippen LogP) is 2.50. The van der Waals surface area contributed by atoms with Crippen molar-refractivity contribution in [3.05, 3.63) is 50.5 Å². The largest absolute Gasteiger partial charge is 0.460 e. The van der Waals surface area contributed by atoms with E-state index in [1.54, 1.807) is 26.1 Å². The van der Waals surface area contributed by atoms with Crippen LogP contribution in [-0.4, -0.2) is 9.49 Å². The molecule has 3 rings (SSSR count). The first kappa shape index (κ1) is 11.5. The highest BCUT2D eigenvalue weighted by Crippen LogP contribution is 2.27. The molecule has 0 N–H and O–H groups in total. The normalized spacial score (nSPS) is 11.3. The fourth-order valence-electron chi connectivity index (χ4n) is 2.27. The second-order valence-corrected chi connectivity index (χ2v) is 4.42. The molecule has 6 heteroatoms. The van der Waals surface area contributed by atoms with E-state index in [2.05, 4.69) is 0 Å². The molecule has 0 fully saturated rings. The Balaban J connectivity index is 2.57. The molecular formula is C13H10N2O4. The van der Waals surface area contributed by atoms with Crippen LogP contribution >= 0.6 is 0 Å². The molecule has 0 aliphatic carbocycles. The lowest BCUT2D eigenvalue weighted by Crippen LogP contribution is -2.16. The van der Waals surface area contributed by atoms with Crippen LogP contribution in [0.3, 0.4) is 0 Å². The Morgan fingerprint density at radius 3 is 2.68 bits per heavy atom. The van der Waals surface area contributed by atoms with Gasteiger partial charge in [0, 0.05) is 24.6 Å². The number of rotatable bonds is 1. The Hall–Kier alpha value is -2.63. The number of fused-ring (bicyclic) bond motifs is 3. The van der Waals surface area contributed by atoms with Crippen LogP contribution in [0.2, 0.25) is 0 Å². The fourth-order valence-corrected chi connectivity index (χ4v) is 2.27. The van der Waals surface area contributed by atoms with E-state index in [9.17, 15) is 14.9 Å². The van der Waals surface area contributed by atoms with E-state index in [4.69, 9.17) is 4.42 Å². The van der Waals surface area contributed by atoms with Gasteiger partial charge in [-0.05, 0) is 19.1 Å². The first-order chi connectivity index (χ1) is 8.99.